The topological polar surface area (TPSA) is 12.0 Å². The van der Waals surface area contributed by atoms with Crippen LogP contribution in [0, 0.1) is 6.92 Å². The fourth-order valence-corrected chi connectivity index (χ4v) is 1.96. The number of nitrogens with one attached hydrogen (secondary N) is 1. The van der Waals surface area contributed by atoms with E-state index in [0.29, 0.717) is 0 Å². The zero-order valence-corrected chi connectivity index (χ0v) is 11.2. The van der Waals surface area contributed by atoms with Gasteiger partial charge < -0.3 is 5.32 Å². The Morgan fingerprint density at radius 1 is 0.833 bits per heavy atom. The van der Waals surface area contributed by atoms with Gasteiger partial charge in [-0.15, -0.1) is 0 Å². The highest BCUT2D eigenvalue weighted by molar-refractivity contribution is 5.44. The molecule has 1 heteroatoms. The van der Waals surface area contributed by atoms with Gasteiger partial charge in [-0.05, 0) is 43.0 Å². The monoisotopic (exact) mass is 239 g/mol. The van der Waals surface area contributed by atoms with Crippen LogP contribution in [0.4, 0.5) is 5.69 Å². The molecule has 1 N–H and O–H groups in total. The smallest absolute Gasteiger partial charge is 0.0340 e. The molecule has 0 amide bonds. The van der Waals surface area contributed by atoms with Crippen LogP contribution in [-0.2, 0) is 12.8 Å². The van der Waals surface area contributed by atoms with E-state index in [4.69, 9.17) is 0 Å². The third-order valence-electron chi connectivity index (χ3n) is 3.23. The quantitative estimate of drug-likeness (QED) is 0.824. The first-order chi connectivity index (χ1) is 8.78. The second kappa shape index (κ2) is 6.25. The lowest BCUT2D eigenvalue weighted by Gasteiger charge is -2.07. The molecule has 0 aliphatic rings. The average molecular weight is 239 g/mol. The average Bonchev–Trinajstić information content (AvgIpc) is 2.42. The maximum absolute atomic E-state index is 3.46. The lowest BCUT2D eigenvalue weighted by molar-refractivity contribution is 1.02. The highest BCUT2D eigenvalue weighted by Crippen LogP contribution is 2.10. The molecule has 2 rings (SSSR count). The molecular formula is C17H21N. The minimum atomic E-state index is 0.981. The first kappa shape index (κ1) is 12.7. The van der Waals surface area contributed by atoms with E-state index in [0.717, 1.165) is 19.4 Å². The Hall–Kier alpha value is -1.76. The Balaban J connectivity index is 1.82. The zero-order valence-electron chi connectivity index (χ0n) is 11.2. The first-order valence-corrected chi connectivity index (χ1v) is 6.66. The fraction of sp³-hybridized carbons (Fsp3) is 0.294. The van der Waals surface area contributed by atoms with Gasteiger partial charge in [-0.25, -0.2) is 0 Å². The van der Waals surface area contributed by atoms with Crippen LogP contribution in [0.15, 0.2) is 48.5 Å². The lowest BCUT2D eigenvalue weighted by atomic mass is 10.1. The van der Waals surface area contributed by atoms with Gasteiger partial charge in [0.2, 0.25) is 0 Å². The van der Waals surface area contributed by atoms with Crippen LogP contribution >= 0.6 is 0 Å². The van der Waals surface area contributed by atoms with Crippen LogP contribution < -0.4 is 5.32 Å². The van der Waals surface area contributed by atoms with E-state index in [1.54, 1.807) is 0 Å². The van der Waals surface area contributed by atoms with Crippen LogP contribution in [-0.4, -0.2) is 6.54 Å². The van der Waals surface area contributed by atoms with Gasteiger partial charge in [0.25, 0.3) is 0 Å². The molecule has 94 valence electrons. The largest absolute Gasteiger partial charge is 0.385 e. The summed E-state index contributed by atoms with van der Waals surface area (Å²) in [6.45, 7) is 5.28. The molecule has 0 aliphatic carbocycles. The Morgan fingerprint density at radius 3 is 2.06 bits per heavy atom. The molecule has 0 fully saturated rings. The van der Waals surface area contributed by atoms with E-state index in [2.05, 4.69) is 67.7 Å². The molecule has 1 nitrogen and oxygen atoms in total. The molecule has 0 saturated heterocycles. The molecular weight excluding hydrogens is 218 g/mol. The Morgan fingerprint density at radius 2 is 1.44 bits per heavy atom. The summed E-state index contributed by atoms with van der Waals surface area (Å²) in [6, 6.07) is 17.5. The van der Waals surface area contributed by atoms with Crippen molar-refractivity contribution in [2.75, 3.05) is 11.9 Å². The standard InChI is InChI=1S/C17H21N/c1-3-15-8-10-17(11-9-15)18-13-12-16-6-4-14(2)5-7-16/h4-11,18H,3,12-13H2,1-2H3. The minimum Gasteiger partial charge on any atom is -0.385 e. The molecule has 0 aromatic heterocycles. The number of rotatable bonds is 5. The maximum Gasteiger partial charge on any atom is 0.0340 e. The van der Waals surface area contributed by atoms with Crippen molar-refractivity contribution in [1.82, 2.24) is 0 Å². The van der Waals surface area contributed by atoms with E-state index >= 15 is 0 Å². The predicted octanol–water partition coefficient (Wildman–Crippen LogP) is 4.21. The summed E-state index contributed by atoms with van der Waals surface area (Å²) in [5.41, 5.74) is 5.30. The van der Waals surface area contributed by atoms with Gasteiger partial charge in [-0.3, -0.25) is 0 Å². The second-order valence-corrected chi connectivity index (χ2v) is 4.71. The molecule has 0 atom stereocenters. The Bertz CT molecular complexity index is 468. The van der Waals surface area contributed by atoms with Gasteiger partial charge in [0.15, 0.2) is 0 Å². The lowest BCUT2D eigenvalue weighted by Crippen LogP contribution is -2.04. The predicted molar refractivity (Wildman–Crippen MR) is 79.2 cm³/mol. The number of hydrogen-bond donors (Lipinski definition) is 1. The summed E-state index contributed by atoms with van der Waals surface area (Å²) in [7, 11) is 0. The van der Waals surface area contributed by atoms with Crippen LogP contribution in [0.2, 0.25) is 0 Å². The van der Waals surface area contributed by atoms with Crippen molar-refractivity contribution in [2.45, 2.75) is 26.7 Å². The third kappa shape index (κ3) is 3.63. The van der Waals surface area contributed by atoms with Gasteiger partial charge in [-0.1, -0.05) is 48.9 Å². The molecule has 2 aromatic rings. The number of hydrogen-bond acceptors (Lipinski definition) is 1. The highest BCUT2D eigenvalue weighted by atomic mass is 14.9. The molecule has 0 unspecified atom stereocenters. The normalized spacial score (nSPS) is 10.3. The molecule has 0 radical (unpaired) electrons. The molecule has 2 aromatic carbocycles. The first-order valence-electron chi connectivity index (χ1n) is 6.66. The van der Waals surface area contributed by atoms with Crippen LogP contribution in [0.5, 0.6) is 0 Å². The van der Waals surface area contributed by atoms with Crippen LogP contribution in [0.1, 0.15) is 23.6 Å². The van der Waals surface area contributed by atoms with Gasteiger partial charge in [0.1, 0.15) is 0 Å². The SMILES string of the molecule is CCc1ccc(NCCc2ccc(C)cc2)cc1. The molecule has 0 spiro atoms. The van der Waals surface area contributed by atoms with E-state index < -0.39 is 0 Å². The molecule has 0 saturated carbocycles. The van der Waals surface area contributed by atoms with Crippen molar-refractivity contribution in [2.24, 2.45) is 0 Å². The number of benzene rings is 2. The van der Waals surface area contributed by atoms with Gasteiger partial charge >= 0.3 is 0 Å². The number of aryl methyl sites for hydroxylation is 2. The number of anilines is 1. The summed E-state index contributed by atoms with van der Waals surface area (Å²) >= 11 is 0. The van der Waals surface area contributed by atoms with E-state index in [1.165, 1.54) is 22.4 Å². The van der Waals surface area contributed by atoms with Crippen molar-refractivity contribution >= 4 is 5.69 Å². The molecule has 18 heavy (non-hydrogen) atoms. The summed E-state index contributed by atoms with van der Waals surface area (Å²) < 4.78 is 0. The Labute approximate surface area is 110 Å². The summed E-state index contributed by atoms with van der Waals surface area (Å²) in [4.78, 5) is 0. The van der Waals surface area contributed by atoms with E-state index in [1.807, 2.05) is 0 Å². The van der Waals surface area contributed by atoms with Crippen LogP contribution in [0.3, 0.4) is 0 Å². The van der Waals surface area contributed by atoms with Crippen molar-refractivity contribution in [3.05, 3.63) is 65.2 Å². The van der Waals surface area contributed by atoms with Crippen molar-refractivity contribution in [1.29, 1.82) is 0 Å². The maximum atomic E-state index is 3.46. The summed E-state index contributed by atoms with van der Waals surface area (Å²) in [5, 5.41) is 3.46. The minimum absolute atomic E-state index is 0.981. The third-order valence-corrected chi connectivity index (χ3v) is 3.23. The van der Waals surface area contributed by atoms with Crippen LogP contribution in [0.25, 0.3) is 0 Å². The Kier molecular flexibility index (Phi) is 4.40. The fourth-order valence-electron chi connectivity index (χ4n) is 1.96. The molecule has 0 bridgehead atoms. The summed E-state index contributed by atoms with van der Waals surface area (Å²) in [6.07, 6.45) is 2.17. The van der Waals surface area contributed by atoms with Gasteiger partial charge in [-0.2, -0.15) is 0 Å². The second-order valence-electron chi connectivity index (χ2n) is 4.71. The van der Waals surface area contributed by atoms with Gasteiger partial charge in [0, 0.05) is 12.2 Å². The zero-order chi connectivity index (χ0) is 12.8. The molecule has 0 aliphatic heterocycles. The molecule has 0 heterocycles. The van der Waals surface area contributed by atoms with E-state index in [-0.39, 0.29) is 0 Å². The highest BCUT2D eigenvalue weighted by Gasteiger charge is 1.95. The van der Waals surface area contributed by atoms with E-state index in [9.17, 15) is 0 Å². The van der Waals surface area contributed by atoms with Gasteiger partial charge in [0.05, 0.1) is 0 Å². The van der Waals surface area contributed by atoms with Crippen molar-refractivity contribution in [3.63, 3.8) is 0 Å². The van der Waals surface area contributed by atoms with Crippen molar-refractivity contribution in [3.8, 4) is 0 Å². The van der Waals surface area contributed by atoms with Crippen molar-refractivity contribution < 1.29 is 0 Å². The summed E-state index contributed by atoms with van der Waals surface area (Å²) in [5.74, 6) is 0.